The van der Waals surface area contributed by atoms with E-state index < -0.39 is 5.41 Å². The summed E-state index contributed by atoms with van der Waals surface area (Å²) >= 11 is 0. The second-order valence-corrected chi connectivity index (χ2v) is 10.1. The fourth-order valence-electron chi connectivity index (χ4n) is 4.83. The third kappa shape index (κ3) is 8.55. The van der Waals surface area contributed by atoms with Crippen LogP contribution in [-0.2, 0) is 16.0 Å². The van der Waals surface area contributed by atoms with Gasteiger partial charge in [-0.2, -0.15) is 0 Å². The van der Waals surface area contributed by atoms with Crippen molar-refractivity contribution in [3.63, 3.8) is 0 Å². The summed E-state index contributed by atoms with van der Waals surface area (Å²) in [6, 6.07) is 13.9. The van der Waals surface area contributed by atoms with Crippen LogP contribution in [0.3, 0.4) is 0 Å². The highest BCUT2D eigenvalue weighted by molar-refractivity contribution is 6.20. The Kier molecular flexibility index (Phi) is 14.5. The van der Waals surface area contributed by atoms with Crippen LogP contribution in [0.4, 0.5) is 11.4 Å². The van der Waals surface area contributed by atoms with Crippen LogP contribution in [0.2, 0.25) is 0 Å². The van der Waals surface area contributed by atoms with Crippen LogP contribution in [0, 0.1) is 5.41 Å². The van der Waals surface area contributed by atoms with Crippen molar-refractivity contribution in [2.24, 2.45) is 5.41 Å². The summed E-state index contributed by atoms with van der Waals surface area (Å²) in [7, 11) is 1.72. The number of anilines is 2. The van der Waals surface area contributed by atoms with Gasteiger partial charge in [0.1, 0.15) is 11.2 Å². The van der Waals surface area contributed by atoms with E-state index in [0.717, 1.165) is 37.1 Å². The number of ether oxygens (including phenoxy) is 1. The molecule has 1 aliphatic heterocycles. The van der Waals surface area contributed by atoms with Crippen LogP contribution in [0.15, 0.2) is 67.3 Å². The van der Waals surface area contributed by atoms with Crippen molar-refractivity contribution in [3.05, 3.63) is 78.4 Å². The first-order chi connectivity index (χ1) is 18.3. The van der Waals surface area contributed by atoms with Crippen molar-refractivity contribution in [1.82, 2.24) is 15.3 Å². The zero-order valence-corrected chi connectivity index (χ0v) is 26.4. The van der Waals surface area contributed by atoms with Crippen molar-refractivity contribution < 1.29 is 14.3 Å². The fraction of sp³-hybridized carbons (Fsp3) is 0.400. The molecule has 0 spiro atoms. The van der Waals surface area contributed by atoms with E-state index >= 15 is 0 Å². The van der Waals surface area contributed by atoms with Crippen LogP contribution in [0.1, 0.15) is 50.8 Å². The minimum atomic E-state index is -1.13. The number of carbonyl (C=O) groups is 2. The molecule has 1 atom stereocenters. The van der Waals surface area contributed by atoms with Gasteiger partial charge in [0, 0.05) is 50.5 Å². The molecule has 0 saturated carbocycles. The fourth-order valence-corrected chi connectivity index (χ4v) is 4.83. The van der Waals surface area contributed by atoms with Crippen LogP contribution in [-0.4, -0.2) is 48.5 Å². The van der Waals surface area contributed by atoms with Gasteiger partial charge in [-0.1, -0.05) is 12.1 Å². The van der Waals surface area contributed by atoms with E-state index in [0.29, 0.717) is 24.6 Å². The highest BCUT2D eigenvalue weighted by atomic mass is 35.5. The minimum absolute atomic E-state index is 0. The highest BCUT2D eigenvalue weighted by Gasteiger charge is 2.45. The van der Waals surface area contributed by atoms with Gasteiger partial charge in [0.2, 0.25) is 11.8 Å². The van der Waals surface area contributed by atoms with Gasteiger partial charge in [-0.15, -0.1) is 37.2 Å². The molecular formula is C30H40Cl3N5O3. The Morgan fingerprint density at radius 3 is 2.29 bits per heavy atom. The van der Waals surface area contributed by atoms with Crippen molar-refractivity contribution >= 4 is 60.4 Å². The Labute approximate surface area is 261 Å². The second-order valence-electron chi connectivity index (χ2n) is 10.1. The van der Waals surface area contributed by atoms with E-state index in [-0.39, 0.29) is 55.1 Å². The zero-order valence-electron chi connectivity index (χ0n) is 23.9. The van der Waals surface area contributed by atoms with E-state index in [1.165, 1.54) is 5.56 Å². The molecule has 8 nitrogen and oxygen atoms in total. The SMILES string of the molecule is CCN1C(=O)C(C)(C)C(=O)N(C)c2cc(OCCCNC(CCc3cccnc3)c3cccnc3)ccc21.Cl.Cl.Cl. The van der Waals surface area contributed by atoms with Crippen LogP contribution in [0.25, 0.3) is 0 Å². The summed E-state index contributed by atoms with van der Waals surface area (Å²) in [5, 5.41) is 3.65. The van der Waals surface area contributed by atoms with E-state index in [9.17, 15) is 9.59 Å². The van der Waals surface area contributed by atoms with Gasteiger partial charge in [-0.3, -0.25) is 19.6 Å². The Morgan fingerprint density at radius 1 is 0.951 bits per heavy atom. The Balaban J connectivity index is 0.00000280. The number of hydrogen-bond acceptors (Lipinski definition) is 6. The lowest BCUT2D eigenvalue weighted by atomic mass is 9.90. The molecule has 0 radical (unpaired) electrons. The number of rotatable bonds is 11. The van der Waals surface area contributed by atoms with Gasteiger partial charge in [-0.25, -0.2) is 0 Å². The molecule has 224 valence electrons. The number of halogens is 3. The highest BCUT2D eigenvalue weighted by Crippen LogP contribution is 2.40. The third-order valence-electron chi connectivity index (χ3n) is 7.05. The summed E-state index contributed by atoms with van der Waals surface area (Å²) in [6.07, 6.45) is 10.1. The van der Waals surface area contributed by atoms with Gasteiger partial charge in [0.15, 0.2) is 0 Å². The largest absolute Gasteiger partial charge is 0.493 e. The number of aromatic nitrogens is 2. The normalized spacial score (nSPS) is 14.5. The molecule has 4 rings (SSSR count). The summed E-state index contributed by atoms with van der Waals surface area (Å²) in [4.78, 5) is 37.9. The molecule has 1 aliphatic rings. The van der Waals surface area contributed by atoms with Crippen molar-refractivity contribution in [1.29, 1.82) is 0 Å². The average molecular weight is 625 g/mol. The first-order valence-electron chi connectivity index (χ1n) is 13.2. The number of nitrogens with one attached hydrogen (secondary N) is 1. The van der Waals surface area contributed by atoms with Gasteiger partial charge in [0.05, 0.1) is 18.0 Å². The van der Waals surface area contributed by atoms with Gasteiger partial charge in [-0.05, 0) is 82.0 Å². The van der Waals surface area contributed by atoms with Crippen molar-refractivity contribution in [2.45, 2.75) is 46.1 Å². The Hall–Kier alpha value is -2.91. The third-order valence-corrected chi connectivity index (χ3v) is 7.05. The first kappa shape index (κ1) is 36.1. The van der Waals surface area contributed by atoms with E-state index in [1.54, 1.807) is 43.1 Å². The standard InChI is InChI=1S/C30H37N5O3.3ClH/c1-5-35-26-14-12-24(19-27(26)34(4)28(36)30(2,3)29(35)37)38-18-8-17-33-25(23-10-7-16-32-21-23)13-11-22-9-6-15-31-20-22;;;/h6-7,9-10,12,14-16,19-21,25,33H,5,8,11,13,17-18H2,1-4H3;3*1H. The van der Waals surface area contributed by atoms with Gasteiger partial charge >= 0.3 is 0 Å². The quantitative estimate of drug-likeness (QED) is 0.213. The lowest BCUT2D eigenvalue weighted by molar-refractivity contribution is -0.137. The summed E-state index contributed by atoms with van der Waals surface area (Å²) in [5.41, 5.74) is 2.65. The van der Waals surface area contributed by atoms with E-state index in [4.69, 9.17) is 4.74 Å². The lowest BCUT2D eigenvalue weighted by Crippen LogP contribution is -2.47. The number of nitrogens with zero attached hydrogens (tertiary/aromatic N) is 4. The Morgan fingerprint density at radius 2 is 1.66 bits per heavy atom. The molecule has 3 aromatic rings. The maximum Gasteiger partial charge on any atom is 0.242 e. The molecule has 1 N–H and O–H groups in total. The van der Waals surface area contributed by atoms with Crippen molar-refractivity contribution in [3.8, 4) is 5.75 Å². The molecule has 2 aromatic heterocycles. The smallest absolute Gasteiger partial charge is 0.242 e. The molecule has 2 amide bonds. The molecule has 0 fully saturated rings. The molecule has 0 aliphatic carbocycles. The maximum atomic E-state index is 13.1. The predicted octanol–water partition coefficient (Wildman–Crippen LogP) is 5.83. The number of pyridine rings is 2. The summed E-state index contributed by atoms with van der Waals surface area (Å²) in [5.74, 6) is 0.253. The molecule has 41 heavy (non-hydrogen) atoms. The monoisotopic (exact) mass is 623 g/mol. The van der Waals surface area contributed by atoms with Gasteiger partial charge in [0.25, 0.3) is 0 Å². The number of benzene rings is 1. The lowest BCUT2D eigenvalue weighted by Gasteiger charge is -2.27. The molecule has 0 bridgehead atoms. The summed E-state index contributed by atoms with van der Waals surface area (Å²) in [6.45, 7) is 7.07. The second kappa shape index (κ2) is 16.5. The maximum absolute atomic E-state index is 13.1. The first-order valence-corrected chi connectivity index (χ1v) is 13.2. The van der Waals surface area contributed by atoms with Gasteiger partial charge < -0.3 is 19.9 Å². The molecule has 11 heteroatoms. The number of hydrogen-bond donors (Lipinski definition) is 1. The number of aryl methyl sites for hydroxylation is 1. The Bertz CT molecular complexity index is 1250. The van der Waals surface area contributed by atoms with Crippen molar-refractivity contribution in [2.75, 3.05) is 36.5 Å². The number of fused-ring (bicyclic) bond motifs is 1. The summed E-state index contributed by atoms with van der Waals surface area (Å²) < 4.78 is 6.06. The zero-order chi connectivity index (χ0) is 27.1. The van der Waals surface area contributed by atoms with Crippen LogP contribution < -0.4 is 19.9 Å². The van der Waals surface area contributed by atoms with Crippen LogP contribution >= 0.6 is 37.2 Å². The predicted molar refractivity (Wildman–Crippen MR) is 171 cm³/mol. The minimum Gasteiger partial charge on any atom is -0.493 e. The van der Waals surface area contributed by atoms with E-state index in [2.05, 4.69) is 27.4 Å². The number of amides is 2. The van der Waals surface area contributed by atoms with Crippen LogP contribution in [0.5, 0.6) is 5.75 Å². The molecule has 0 saturated heterocycles. The average Bonchev–Trinajstić information content (AvgIpc) is 2.99. The molecular weight excluding hydrogens is 585 g/mol. The molecule has 3 heterocycles. The molecule has 1 unspecified atom stereocenters. The topological polar surface area (TPSA) is 87.7 Å². The number of carbonyl (C=O) groups excluding carboxylic acids is 2. The molecule has 1 aromatic carbocycles. The van der Waals surface area contributed by atoms with E-state index in [1.807, 2.05) is 49.6 Å².